The van der Waals surface area contributed by atoms with E-state index in [1.165, 1.54) is 12.1 Å². The van der Waals surface area contributed by atoms with Crippen molar-refractivity contribution in [2.75, 3.05) is 11.9 Å². The van der Waals surface area contributed by atoms with E-state index >= 15 is 0 Å². The molecule has 1 amide bonds. The third kappa shape index (κ3) is 4.65. The molecule has 0 radical (unpaired) electrons. The average Bonchev–Trinajstić information content (AvgIpc) is 2.34. The lowest BCUT2D eigenvalue weighted by Gasteiger charge is -2.14. The molecular formula is C13H17BrN2O3. The van der Waals surface area contributed by atoms with Crippen molar-refractivity contribution in [3.63, 3.8) is 0 Å². The Kier molecular flexibility index (Phi) is 5.98. The number of rotatable bonds is 6. The quantitative estimate of drug-likeness (QED) is 0.747. The molecule has 1 unspecified atom stereocenters. The molecule has 0 aliphatic rings. The molecule has 0 bridgehead atoms. The van der Waals surface area contributed by atoms with Crippen molar-refractivity contribution in [3.05, 3.63) is 28.2 Å². The summed E-state index contributed by atoms with van der Waals surface area (Å²) in [7, 11) is 0. The molecule has 1 rings (SSSR count). The summed E-state index contributed by atoms with van der Waals surface area (Å²) in [5.41, 5.74) is 6.12. The molecule has 1 atom stereocenters. The van der Waals surface area contributed by atoms with Crippen LogP contribution >= 0.6 is 15.9 Å². The largest absolute Gasteiger partial charge is 0.478 e. The van der Waals surface area contributed by atoms with Crippen molar-refractivity contribution in [2.24, 2.45) is 11.7 Å². The minimum atomic E-state index is -1.04. The van der Waals surface area contributed by atoms with Gasteiger partial charge in [-0.1, -0.05) is 29.3 Å². The summed E-state index contributed by atoms with van der Waals surface area (Å²) < 4.78 is 0.600. The molecule has 0 spiro atoms. The zero-order valence-electron chi connectivity index (χ0n) is 10.6. The number of carboxylic acid groups (broad SMARTS) is 1. The first-order chi connectivity index (χ1) is 8.97. The Morgan fingerprint density at radius 2 is 2.11 bits per heavy atom. The van der Waals surface area contributed by atoms with Crippen LogP contribution < -0.4 is 11.1 Å². The Morgan fingerprint density at radius 1 is 1.42 bits per heavy atom. The molecule has 0 aliphatic heterocycles. The normalized spacial score (nSPS) is 11.9. The standard InChI is InChI=1S/C13H17BrN2O3/c1-2-3-8(7-15)12(17)16-11-5-9(13(18)19)4-10(14)6-11/h4-6,8H,2-3,7,15H2,1H3,(H,16,17)(H,18,19). The second-order valence-corrected chi connectivity index (χ2v) is 5.16. The van der Waals surface area contributed by atoms with Gasteiger partial charge in [-0.3, -0.25) is 4.79 Å². The molecule has 1 aromatic carbocycles. The minimum Gasteiger partial charge on any atom is -0.478 e. The molecule has 5 nitrogen and oxygen atoms in total. The molecule has 1 aromatic rings. The van der Waals surface area contributed by atoms with Crippen LogP contribution in [-0.2, 0) is 4.79 Å². The molecule has 0 aromatic heterocycles. The first-order valence-electron chi connectivity index (χ1n) is 6.02. The topological polar surface area (TPSA) is 92.4 Å². The van der Waals surface area contributed by atoms with E-state index in [9.17, 15) is 9.59 Å². The van der Waals surface area contributed by atoms with E-state index in [0.717, 1.165) is 6.42 Å². The monoisotopic (exact) mass is 328 g/mol. The van der Waals surface area contributed by atoms with Gasteiger partial charge in [-0.25, -0.2) is 4.79 Å². The maximum Gasteiger partial charge on any atom is 0.335 e. The summed E-state index contributed by atoms with van der Waals surface area (Å²) >= 11 is 3.22. The van der Waals surface area contributed by atoms with Gasteiger partial charge in [0, 0.05) is 16.7 Å². The number of benzene rings is 1. The zero-order valence-corrected chi connectivity index (χ0v) is 12.2. The Bertz CT molecular complexity index is 477. The van der Waals surface area contributed by atoms with E-state index in [-0.39, 0.29) is 23.9 Å². The van der Waals surface area contributed by atoms with E-state index in [1.807, 2.05) is 6.92 Å². The first-order valence-corrected chi connectivity index (χ1v) is 6.82. The van der Waals surface area contributed by atoms with Gasteiger partial charge >= 0.3 is 5.97 Å². The van der Waals surface area contributed by atoms with E-state index in [1.54, 1.807) is 6.07 Å². The molecule has 0 saturated carbocycles. The number of nitrogens with two attached hydrogens (primary N) is 1. The van der Waals surface area contributed by atoms with E-state index in [2.05, 4.69) is 21.2 Å². The molecular weight excluding hydrogens is 312 g/mol. The number of aromatic carboxylic acids is 1. The van der Waals surface area contributed by atoms with E-state index < -0.39 is 5.97 Å². The number of hydrogen-bond donors (Lipinski definition) is 3. The first kappa shape index (κ1) is 15.7. The average molecular weight is 329 g/mol. The van der Waals surface area contributed by atoms with E-state index in [0.29, 0.717) is 16.6 Å². The lowest BCUT2D eigenvalue weighted by atomic mass is 10.0. The van der Waals surface area contributed by atoms with E-state index in [4.69, 9.17) is 10.8 Å². The summed E-state index contributed by atoms with van der Waals surface area (Å²) in [4.78, 5) is 22.9. The van der Waals surface area contributed by atoms with Gasteiger partial charge in [-0.15, -0.1) is 0 Å². The van der Waals surface area contributed by atoms with Crippen LogP contribution in [0, 0.1) is 5.92 Å². The molecule has 0 aliphatic carbocycles. The molecule has 19 heavy (non-hydrogen) atoms. The van der Waals surface area contributed by atoms with Crippen LogP contribution in [-0.4, -0.2) is 23.5 Å². The van der Waals surface area contributed by atoms with Crippen LogP contribution in [0.4, 0.5) is 5.69 Å². The highest BCUT2D eigenvalue weighted by Gasteiger charge is 2.16. The van der Waals surface area contributed by atoms with Crippen molar-refractivity contribution in [2.45, 2.75) is 19.8 Å². The predicted molar refractivity (Wildman–Crippen MR) is 77.2 cm³/mol. The fourth-order valence-electron chi connectivity index (χ4n) is 1.73. The second-order valence-electron chi connectivity index (χ2n) is 4.24. The smallest absolute Gasteiger partial charge is 0.335 e. The van der Waals surface area contributed by atoms with Crippen molar-refractivity contribution >= 4 is 33.5 Å². The Labute approximate surface area is 120 Å². The molecule has 0 heterocycles. The van der Waals surface area contributed by atoms with Crippen LogP contribution in [0.3, 0.4) is 0 Å². The van der Waals surface area contributed by atoms with Gasteiger partial charge in [0.2, 0.25) is 5.91 Å². The molecule has 6 heteroatoms. The SMILES string of the molecule is CCCC(CN)C(=O)Nc1cc(Br)cc(C(=O)O)c1. The maximum atomic E-state index is 12.0. The number of nitrogens with one attached hydrogen (secondary N) is 1. The number of halogens is 1. The summed E-state index contributed by atoms with van der Waals surface area (Å²) in [6.45, 7) is 2.26. The lowest BCUT2D eigenvalue weighted by molar-refractivity contribution is -0.119. The van der Waals surface area contributed by atoms with Crippen molar-refractivity contribution in [3.8, 4) is 0 Å². The molecule has 4 N–H and O–H groups in total. The fraction of sp³-hybridized carbons (Fsp3) is 0.385. The van der Waals surface area contributed by atoms with Gasteiger partial charge in [-0.05, 0) is 24.6 Å². The Hall–Kier alpha value is -1.40. The number of anilines is 1. The summed E-state index contributed by atoms with van der Waals surface area (Å²) in [5.74, 6) is -1.48. The Morgan fingerprint density at radius 3 is 2.63 bits per heavy atom. The lowest BCUT2D eigenvalue weighted by Crippen LogP contribution is -2.29. The summed E-state index contributed by atoms with van der Waals surface area (Å²) in [5, 5.41) is 11.7. The van der Waals surface area contributed by atoms with Crippen LogP contribution in [0.2, 0.25) is 0 Å². The number of carbonyl (C=O) groups is 2. The van der Waals surface area contributed by atoms with Crippen LogP contribution in [0.5, 0.6) is 0 Å². The zero-order chi connectivity index (χ0) is 14.4. The van der Waals surface area contributed by atoms with Crippen LogP contribution in [0.1, 0.15) is 30.1 Å². The van der Waals surface area contributed by atoms with Gasteiger partial charge in [0.25, 0.3) is 0 Å². The highest BCUT2D eigenvalue weighted by molar-refractivity contribution is 9.10. The van der Waals surface area contributed by atoms with Gasteiger partial charge < -0.3 is 16.2 Å². The van der Waals surface area contributed by atoms with Crippen molar-refractivity contribution in [1.29, 1.82) is 0 Å². The van der Waals surface area contributed by atoms with Crippen molar-refractivity contribution < 1.29 is 14.7 Å². The second kappa shape index (κ2) is 7.25. The van der Waals surface area contributed by atoms with Gasteiger partial charge in [0.1, 0.15) is 0 Å². The summed E-state index contributed by atoms with van der Waals surface area (Å²) in [6.07, 6.45) is 1.58. The summed E-state index contributed by atoms with van der Waals surface area (Å²) in [6, 6.07) is 4.55. The van der Waals surface area contributed by atoms with Gasteiger partial charge in [0.05, 0.1) is 11.5 Å². The number of carbonyl (C=O) groups excluding carboxylic acids is 1. The molecule has 104 valence electrons. The highest BCUT2D eigenvalue weighted by Crippen LogP contribution is 2.20. The molecule has 0 saturated heterocycles. The highest BCUT2D eigenvalue weighted by atomic mass is 79.9. The van der Waals surface area contributed by atoms with Gasteiger partial charge in [0.15, 0.2) is 0 Å². The fourth-order valence-corrected chi connectivity index (χ4v) is 2.23. The predicted octanol–water partition coefficient (Wildman–Crippen LogP) is 2.46. The Balaban J connectivity index is 2.87. The van der Waals surface area contributed by atoms with Crippen molar-refractivity contribution in [1.82, 2.24) is 0 Å². The number of hydrogen-bond acceptors (Lipinski definition) is 3. The van der Waals surface area contributed by atoms with Gasteiger partial charge in [-0.2, -0.15) is 0 Å². The van der Waals surface area contributed by atoms with Crippen LogP contribution in [0.15, 0.2) is 22.7 Å². The number of carboxylic acids is 1. The molecule has 0 fully saturated rings. The third-order valence-electron chi connectivity index (χ3n) is 2.70. The minimum absolute atomic E-state index is 0.115. The number of amides is 1. The maximum absolute atomic E-state index is 12.0. The van der Waals surface area contributed by atoms with Crippen LogP contribution in [0.25, 0.3) is 0 Å². The third-order valence-corrected chi connectivity index (χ3v) is 3.16.